The third kappa shape index (κ3) is 4.06. The third-order valence-electron chi connectivity index (χ3n) is 3.99. The van der Waals surface area contributed by atoms with Gasteiger partial charge in [-0.15, -0.1) is 0 Å². The zero-order valence-corrected chi connectivity index (χ0v) is 13.5. The predicted molar refractivity (Wildman–Crippen MR) is 85.2 cm³/mol. The van der Waals surface area contributed by atoms with Crippen LogP contribution >= 0.6 is 0 Å². The number of aryl methyl sites for hydroxylation is 2. The summed E-state index contributed by atoms with van der Waals surface area (Å²) in [6.45, 7) is 5.70. The molecule has 0 aliphatic rings. The third-order valence-corrected chi connectivity index (χ3v) is 3.99. The molecule has 2 aromatic carbocycles. The van der Waals surface area contributed by atoms with Crippen molar-refractivity contribution in [3.05, 3.63) is 64.2 Å². The molecule has 2 rings (SSSR count). The Labute approximate surface area is 134 Å². The van der Waals surface area contributed by atoms with E-state index in [0.29, 0.717) is 12.1 Å². The number of hydrogen-bond acceptors (Lipinski definition) is 3. The Morgan fingerprint density at radius 2 is 1.74 bits per heavy atom. The Morgan fingerprint density at radius 1 is 1.09 bits per heavy atom. The lowest BCUT2D eigenvalue weighted by Crippen LogP contribution is -2.36. The summed E-state index contributed by atoms with van der Waals surface area (Å²) < 4.78 is 26.7. The lowest BCUT2D eigenvalue weighted by molar-refractivity contribution is 0.0528. The van der Waals surface area contributed by atoms with Crippen molar-refractivity contribution in [1.82, 2.24) is 5.32 Å². The van der Waals surface area contributed by atoms with Crippen LogP contribution in [0.3, 0.4) is 0 Å². The van der Waals surface area contributed by atoms with Gasteiger partial charge >= 0.3 is 0 Å². The summed E-state index contributed by atoms with van der Waals surface area (Å²) in [7, 11) is 0. The van der Waals surface area contributed by atoms with Crippen LogP contribution in [-0.2, 0) is 12.1 Å². The minimum atomic E-state index is -1.49. The van der Waals surface area contributed by atoms with Gasteiger partial charge in [-0.2, -0.15) is 0 Å². The molecule has 124 valence electrons. The SMILES string of the molecule is Cc1cc(O)c(CNC[C@@](C)(O)c2ccc(F)cc2F)cc1C. The van der Waals surface area contributed by atoms with Gasteiger partial charge in [0, 0.05) is 30.3 Å². The highest BCUT2D eigenvalue weighted by atomic mass is 19.1. The van der Waals surface area contributed by atoms with E-state index >= 15 is 0 Å². The smallest absolute Gasteiger partial charge is 0.132 e. The molecule has 0 bridgehead atoms. The van der Waals surface area contributed by atoms with Crippen LogP contribution in [0.25, 0.3) is 0 Å². The lowest BCUT2D eigenvalue weighted by atomic mass is 9.95. The number of nitrogens with one attached hydrogen (secondary N) is 1. The molecule has 1 atom stereocenters. The summed E-state index contributed by atoms with van der Waals surface area (Å²) >= 11 is 0. The zero-order chi connectivity index (χ0) is 17.2. The van der Waals surface area contributed by atoms with E-state index in [1.54, 1.807) is 6.07 Å². The minimum Gasteiger partial charge on any atom is -0.508 e. The monoisotopic (exact) mass is 321 g/mol. The quantitative estimate of drug-likeness (QED) is 0.792. The van der Waals surface area contributed by atoms with Crippen LogP contribution in [0.1, 0.15) is 29.2 Å². The van der Waals surface area contributed by atoms with Gasteiger partial charge in [0.25, 0.3) is 0 Å². The molecule has 0 saturated carbocycles. The largest absolute Gasteiger partial charge is 0.508 e. The van der Waals surface area contributed by atoms with Crippen LogP contribution in [0.5, 0.6) is 5.75 Å². The van der Waals surface area contributed by atoms with E-state index in [2.05, 4.69) is 5.32 Å². The number of rotatable bonds is 5. The van der Waals surface area contributed by atoms with Crippen LogP contribution in [0, 0.1) is 25.5 Å². The van der Waals surface area contributed by atoms with Crippen molar-refractivity contribution in [2.75, 3.05) is 6.54 Å². The number of aliphatic hydroxyl groups is 1. The van der Waals surface area contributed by atoms with Gasteiger partial charge in [0.15, 0.2) is 0 Å². The van der Waals surface area contributed by atoms with Crippen molar-refractivity contribution in [3.63, 3.8) is 0 Å². The molecule has 0 heterocycles. The molecule has 0 amide bonds. The predicted octanol–water partition coefficient (Wildman–Crippen LogP) is 3.28. The molecule has 3 N–H and O–H groups in total. The second kappa shape index (κ2) is 6.64. The normalized spacial score (nSPS) is 13.8. The molecule has 0 fully saturated rings. The maximum Gasteiger partial charge on any atom is 0.132 e. The molecule has 0 unspecified atom stereocenters. The van der Waals surface area contributed by atoms with E-state index in [1.165, 1.54) is 13.0 Å². The van der Waals surface area contributed by atoms with Gasteiger partial charge < -0.3 is 15.5 Å². The molecule has 5 heteroatoms. The van der Waals surface area contributed by atoms with E-state index in [4.69, 9.17) is 0 Å². The number of hydrogen-bond donors (Lipinski definition) is 3. The summed E-state index contributed by atoms with van der Waals surface area (Å²) in [6, 6.07) is 6.65. The number of aromatic hydroxyl groups is 1. The minimum absolute atomic E-state index is 0.0238. The average Bonchev–Trinajstić information content (AvgIpc) is 2.43. The zero-order valence-electron chi connectivity index (χ0n) is 13.5. The van der Waals surface area contributed by atoms with Crippen LogP contribution in [-0.4, -0.2) is 16.8 Å². The molecule has 0 aromatic heterocycles. The molecule has 0 saturated heterocycles. The molecule has 0 aliphatic heterocycles. The molecule has 0 radical (unpaired) electrons. The van der Waals surface area contributed by atoms with E-state index in [-0.39, 0.29) is 17.9 Å². The Bertz CT molecular complexity index is 714. The maximum atomic E-state index is 13.8. The molecule has 0 aliphatic carbocycles. The van der Waals surface area contributed by atoms with Crippen molar-refractivity contribution in [3.8, 4) is 5.75 Å². The van der Waals surface area contributed by atoms with Gasteiger partial charge in [-0.1, -0.05) is 12.1 Å². The van der Waals surface area contributed by atoms with Crippen molar-refractivity contribution >= 4 is 0 Å². The van der Waals surface area contributed by atoms with E-state index in [0.717, 1.165) is 23.3 Å². The summed E-state index contributed by atoms with van der Waals surface area (Å²) in [5, 5.41) is 23.3. The molecular weight excluding hydrogens is 300 g/mol. The first-order valence-corrected chi connectivity index (χ1v) is 7.38. The van der Waals surface area contributed by atoms with E-state index in [9.17, 15) is 19.0 Å². The maximum absolute atomic E-state index is 13.8. The first-order valence-electron chi connectivity index (χ1n) is 7.38. The van der Waals surface area contributed by atoms with Gasteiger partial charge in [0.05, 0.1) is 0 Å². The highest BCUT2D eigenvalue weighted by molar-refractivity contribution is 5.40. The first-order chi connectivity index (χ1) is 10.7. The molecule has 3 nitrogen and oxygen atoms in total. The van der Waals surface area contributed by atoms with Gasteiger partial charge in [0.2, 0.25) is 0 Å². The standard InChI is InChI=1S/C18H21F2NO2/c1-11-6-13(17(22)7-12(11)2)9-21-10-18(3,23)15-5-4-14(19)8-16(15)20/h4-8,21-23H,9-10H2,1-3H3/t18-/m1/s1. The average molecular weight is 321 g/mol. The summed E-state index contributed by atoms with van der Waals surface area (Å²) in [5.41, 5.74) is 1.27. The highest BCUT2D eigenvalue weighted by Gasteiger charge is 2.26. The van der Waals surface area contributed by atoms with Crippen molar-refractivity contribution < 1.29 is 19.0 Å². The Kier molecular flexibility index (Phi) is 5.02. The van der Waals surface area contributed by atoms with Crippen molar-refractivity contribution in [1.29, 1.82) is 0 Å². The fourth-order valence-corrected chi connectivity index (χ4v) is 2.46. The number of benzene rings is 2. The number of phenolic OH excluding ortho intramolecular Hbond substituents is 1. The topological polar surface area (TPSA) is 52.5 Å². The van der Waals surface area contributed by atoms with Crippen LogP contribution < -0.4 is 5.32 Å². The highest BCUT2D eigenvalue weighted by Crippen LogP contribution is 2.25. The molecule has 0 spiro atoms. The second-order valence-electron chi connectivity index (χ2n) is 6.07. The molecule has 23 heavy (non-hydrogen) atoms. The van der Waals surface area contributed by atoms with E-state index in [1.807, 2.05) is 19.9 Å². The van der Waals surface area contributed by atoms with Crippen molar-refractivity contribution in [2.24, 2.45) is 0 Å². The molecular formula is C18H21F2NO2. The second-order valence-corrected chi connectivity index (χ2v) is 6.07. The summed E-state index contributed by atoms with van der Waals surface area (Å²) in [4.78, 5) is 0. The molecule has 2 aromatic rings. The van der Waals surface area contributed by atoms with Crippen LogP contribution in [0.15, 0.2) is 30.3 Å². The fraction of sp³-hybridized carbons (Fsp3) is 0.333. The number of phenols is 1. The Hall–Kier alpha value is -1.98. The first kappa shape index (κ1) is 17.4. The Morgan fingerprint density at radius 3 is 2.39 bits per heavy atom. The van der Waals surface area contributed by atoms with Crippen LogP contribution in [0.4, 0.5) is 8.78 Å². The number of halogens is 2. The fourth-order valence-electron chi connectivity index (χ4n) is 2.46. The van der Waals surface area contributed by atoms with Gasteiger partial charge in [-0.3, -0.25) is 0 Å². The van der Waals surface area contributed by atoms with Crippen molar-refractivity contribution in [2.45, 2.75) is 32.9 Å². The van der Waals surface area contributed by atoms with Crippen LogP contribution in [0.2, 0.25) is 0 Å². The van der Waals surface area contributed by atoms with E-state index < -0.39 is 17.2 Å². The lowest BCUT2D eigenvalue weighted by Gasteiger charge is -2.25. The summed E-state index contributed by atoms with van der Waals surface area (Å²) in [6.07, 6.45) is 0. The Balaban J connectivity index is 2.06. The summed E-state index contributed by atoms with van der Waals surface area (Å²) in [5.74, 6) is -1.30. The van der Waals surface area contributed by atoms with Gasteiger partial charge in [-0.05, 0) is 44.0 Å². The van der Waals surface area contributed by atoms with Gasteiger partial charge in [0.1, 0.15) is 23.0 Å². The van der Waals surface area contributed by atoms with Gasteiger partial charge in [-0.25, -0.2) is 8.78 Å².